The number of aliphatic hydroxyl groups excluding tert-OH is 1. The summed E-state index contributed by atoms with van der Waals surface area (Å²) in [5.74, 6) is 0.161. The molecule has 246 valence electrons. The van der Waals surface area contributed by atoms with Crippen molar-refractivity contribution in [2.24, 2.45) is 23.7 Å². The lowest BCUT2D eigenvalue weighted by molar-refractivity contribution is -0.162. The minimum absolute atomic E-state index is 0.0485. The Balaban J connectivity index is 2.21. The van der Waals surface area contributed by atoms with Crippen LogP contribution in [0.25, 0.3) is 0 Å². The molecule has 43 heavy (non-hydrogen) atoms. The van der Waals surface area contributed by atoms with Crippen LogP contribution in [0.15, 0.2) is 22.9 Å². The number of allylic oxidation sites excluding steroid dienone is 3. The lowest BCUT2D eigenvalue weighted by atomic mass is 9.64. The zero-order valence-electron chi connectivity index (χ0n) is 30.0. The van der Waals surface area contributed by atoms with Crippen LogP contribution < -0.4 is 0 Å². The lowest BCUT2D eigenvalue weighted by Crippen LogP contribution is -2.55. The molecule has 0 aromatic carbocycles. The maximum absolute atomic E-state index is 13.6. The van der Waals surface area contributed by atoms with Crippen LogP contribution in [0.2, 0.25) is 41.3 Å². The van der Waals surface area contributed by atoms with Gasteiger partial charge in [-0.3, -0.25) is 9.59 Å². The number of esters is 2. The SMILES string of the molecule is CC[C@H](C)C(=O)O[C@H]1C[C@@](C)([Si](C)(C)C(C)(C)C)C=C2C([Si](C)(C)C(C)(C)C)=C[C@@H](C)[C@H](CC[C@@H]3C[C@@H](O)CC(=O)O3)[C@H]21. The second-order valence-corrected chi connectivity index (χ2v) is 28.8. The summed E-state index contributed by atoms with van der Waals surface area (Å²) in [4.78, 5) is 25.7. The number of fused-ring (bicyclic) bond motifs is 1. The van der Waals surface area contributed by atoms with Crippen LogP contribution in [-0.2, 0) is 19.1 Å². The molecule has 5 nitrogen and oxygen atoms in total. The van der Waals surface area contributed by atoms with E-state index in [2.05, 4.69) is 101 Å². The molecule has 2 aliphatic carbocycles. The largest absolute Gasteiger partial charge is 0.462 e. The van der Waals surface area contributed by atoms with Crippen LogP contribution in [0, 0.1) is 23.7 Å². The number of carbonyl (C=O) groups is 2. The first-order valence-corrected chi connectivity index (χ1v) is 23.0. The Labute approximate surface area is 265 Å². The van der Waals surface area contributed by atoms with Gasteiger partial charge in [0.25, 0.3) is 0 Å². The van der Waals surface area contributed by atoms with E-state index in [1.54, 1.807) is 5.20 Å². The summed E-state index contributed by atoms with van der Waals surface area (Å²) < 4.78 is 12.4. The summed E-state index contributed by atoms with van der Waals surface area (Å²) in [7, 11) is -3.89. The zero-order chi connectivity index (χ0) is 32.9. The monoisotopic (exact) mass is 632 g/mol. The smallest absolute Gasteiger partial charge is 0.308 e. The summed E-state index contributed by atoms with van der Waals surface area (Å²) >= 11 is 0. The van der Waals surface area contributed by atoms with Gasteiger partial charge in [0.1, 0.15) is 12.2 Å². The van der Waals surface area contributed by atoms with Gasteiger partial charge < -0.3 is 14.6 Å². The predicted molar refractivity (Wildman–Crippen MR) is 183 cm³/mol. The van der Waals surface area contributed by atoms with Gasteiger partial charge in [0.15, 0.2) is 0 Å². The molecule has 1 aliphatic heterocycles. The second-order valence-electron chi connectivity index (χ2n) is 17.7. The fourth-order valence-corrected chi connectivity index (χ4v) is 12.9. The summed E-state index contributed by atoms with van der Waals surface area (Å²) in [6.07, 6.45) is 7.97. The first-order valence-electron chi connectivity index (χ1n) is 17.0. The Morgan fingerprint density at radius 2 is 1.72 bits per heavy atom. The van der Waals surface area contributed by atoms with Gasteiger partial charge in [-0.1, -0.05) is 113 Å². The first kappa shape index (κ1) is 36.3. The second kappa shape index (κ2) is 12.5. The third kappa shape index (κ3) is 7.14. The molecule has 1 N–H and O–H groups in total. The molecule has 0 radical (unpaired) electrons. The van der Waals surface area contributed by atoms with Crippen molar-refractivity contribution in [3.63, 3.8) is 0 Å². The molecule has 3 rings (SSSR count). The van der Waals surface area contributed by atoms with Crippen molar-refractivity contribution in [3.8, 4) is 0 Å². The van der Waals surface area contributed by atoms with E-state index in [1.165, 1.54) is 5.57 Å². The van der Waals surface area contributed by atoms with Crippen LogP contribution in [-0.4, -0.2) is 51.5 Å². The third-order valence-electron chi connectivity index (χ3n) is 12.9. The Morgan fingerprint density at radius 1 is 1.12 bits per heavy atom. The van der Waals surface area contributed by atoms with Gasteiger partial charge in [-0.05, 0) is 58.2 Å². The minimum atomic E-state index is -1.96. The molecular weight excluding hydrogens is 569 g/mol. The summed E-state index contributed by atoms with van der Waals surface area (Å²) in [6.45, 7) is 33.3. The van der Waals surface area contributed by atoms with Gasteiger partial charge in [-0.2, -0.15) is 0 Å². The molecule has 8 atom stereocenters. The first-order chi connectivity index (χ1) is 19.5. The highest BCUT2D eigenvalue weighted by atomic mass is 28.3. The molecule has 0 spiro atoms. The van der Waals surface area contributed by atoms with Crippen LogP contribution in [0.3, 0.4) is 0 Å². The lowest BCUT2D eigenvalue weighted by Gasteiger charge is -2.57. The highest BCUT2D eigenvalue weighted by Gasteiger charge is 2.57. The van der Waals surface area contributed by atoms with Gasteiger partial charge in [0, 0.05) is 12.3 Å². The average molecular weight is 633 g/mol. The van der Waals surface area contributed by atoms with E-state index >= 15 is 0 Å². The third-order valence-corrected chi connectivity index (χ3v) is 25.4. The fourth-order valence-electron chi connectivity index (χ4n) is 7.49. The van der Waals surface area contributed by atoms with Crippen molar-refractivity contribution in [2.75, 3.05) is 0 Å². The highest BCUT2D eigenvalue weighted by molar-refractivity contribution is 6.87. The quantitative estimate of drug-likeness (QED) is 0.213. The number of hydrogen-bond acceptors (Lipinski definition) is 5. The van der Waals surface area contributed by atoms with E-state index in [9.17, 15) is 14.7 Å². The Kier molecular flexibility index (Phi) is 10.6. The number of carbonyl (C=O) groups excluding carboxylic acids is 2. The van der Waals surface area contributed by atoms with Crippen LogP contribution in [0.4, 0.5) is 0 Å². The molecule has 1 heterocycles. The van der Waals surface area contributed by atoms with E-state index in [4.69, 9.17) is 9.47 Å². The van der Waals surface area contributed by atoms with Crippen molar-refractivity contribution in [2.45, 2.75) is 167 Å². The number of rotatable bonds is 8. The molecule has 0 saturated carbocycles. The van der Waals surface area contributed by atoms with E-state index in [-0.39, 0.29) is 63.4 Å². The van der Waals surface area contributed by atoms with E-state index in [1.807, 2.05) is 6.92 Å². The molecule has 3 aliphatic rings. The standard InChI is InChI=1S/C36H64O5Si2/c1-15-23(2)33(39)41-29-22-36(10,43(13,14)35(7,8)9)21-28-30(42(11,12)34(4,5)6)18-24(3)27(32(28)29)17-16-26-19-25(37)20-31(38)40-26/h18,21,23-27,29,32,37H,15-17,19-20,22H2,1-14H3/t23-,24+,25+,26+,27-,29-,32+,36-/m0/s1. The molecule has 0 bridgehead atoms. The number of cyclic esters (lactones) is 1. The van der Waals surface area contributed by atoms with Gasteiger partial charge in [-0.15, -0.1) is 0 Å². The summed E-state index contributed by atoms with van der Waals surface area (Å²) in [6, 6.07) is 0. The normalized spacial score (nSPS) is 33.1. The molecule has 7 heteroatoms. The number of hydrogen-bond donors (Lipinski definition) is 1. The molecule has 0 aromatic rings. The molecule has 1 saturated heterocycles. The highest BCUT2D eigenvalue weighted by Crippen LogP contribution is 2.62. The predicted octanol–water partition coefficient (Wildman–Crippen LogP) is 9.25. The topological polar surface area (TPSA) is 72.8 Å². The van der Waals surface area contributed by atoms with Crippen molar-refractivity contribution in [1.29, 1.82) is 0 Å². The number of ether oxygens (including phenoxy) is 2. The van der Waals surface area contributed by atoms with Crippen molar-refractivity contribution in [1.82, 2.24) is 0 Å². The van der Waals surface area contributed by atoms with Gasteiger partial charge in [0.2, 0.25) is 0 Å². The zero-order valence-corrected chi connectivity index (χ0v) is 32.0. The summed E-state index contributed by atoms with van der Waals surface area (Å²) in [5, 5.41) is 12.1. The molecule has 0 unspecified atom stereocenters. The Bertz CT molecular complexity index is 1110. The molecule has 0 aromatic heterocycles. The maximum Gasteiger partial charge on any atom is 0.308 e. The Hall–Kier alpha value is -1.19. The van der Waals surface area contributed by atoms with Crippen molar-refractivity contribution in [3.05, 3.63) is 22.9 Å². The Morgan fingerprint density at radius 3 is 2.23 bits per heavy atom. The molecule has 1 fully saturated rings. The van der Waals surface area contributed by atoms with Crippen LogP contribution in [0.5, 0.6) is 0 Å². The van der Waals surface area contributed by atoms with E-state index in [0.717, 1.165) is 25.7 Å². The van der Waals surface area contributed by atoms with E-state index < -0.39 is 22.3 Å². The maximum atomic E-state index is 13.6. The molecular formula is C36H64O5Si2. The fraction of sp³-hybridized carbons (Fsp3) is 0.833. The van der Waals surface area contributed by atoms with Crippen molar-refractivity contribution >= 4 is 28.1 Å². The summed E-state index contributed by atoms with van der Waals surface area (Å²) in [5.41, 5.74) is 1.44. The van der Waals surface area contributed by atoms with Gasteiger partial charge in [0.05, 0.1) is 34.6 Å². The van der Waals surface area contributed by atoms with Gasteiger partial charge in [-0.25, -0.2) is 0 Å². The van der Waals surface area contributed by atoms with Gasteiger partial charge >= 0.3 is 11.9 Å². The van der Waals surface area contributed by atoms with E-state index in [0.29, 0.717) is 12.3 Å². The number of aliphatic hydroxyl groups is 1. The van der Waals surface area contributed by atoms with Crippen LogP contribution >= 0.6 is 0 Å². The van der Waals surface area contributed by atoms with Crippen LogP contribution in [0.1, 0.15) is 108 Å². The minimum Gasteiger partial charge on any atom is -0.462 e. The average Bonchev–Trinajstić information content (AvgIpc) is 2.85. The molecule has 0 amide bonds. The van der Waals surface area contributed by atoms with Crippen molar-refractivity contribution < 1.29 is 24.2 Å².